The van der Waals surface area contributed by atoms with Crippen LogP contribution >= 0.6 is 24.2 Å². The molecule has 1 heterocycles. The Balaban J connectivity index is 2.74. The monoisotopic (exact) mass is 176 g/mol. The molecule has 0 bridgehead atoms. The standard InChI is InChI=1S/C3H4N4OS2/c4-3(8)5-2-1(9)6-7-10-2/h9H,(H3,4,5,8). The molecule has 0 aliphatic rings. The second-order valence-corrected chi connectivity index (χ2v) is 2.59. The molecule has 1 rings (SSSR count). The van der Waals surface area contributed by atoms with Gasteiger partial charge in [-0.05, 0) is 0 Å². The van der Waals surface area contributed by atoms with E-state index in [1.807, 2.05) is 0 Å². The second-order valence-electron chi connectivity index (χ2n) is 1.41. The molecule has 0 unspecified atom stereocenters. The lowest BCUT2D eigenvalue weighted by molar-refractivity contribution is 0.259. The fourth-order valence-electron chi connectivity index (χ4n) is 0.377. The molecule has 1 aromatic heterocycles. The van der Waals surface area contributed by atoms with E-state index in [0.717, 1.165) is 11.5 Å². The van der Waals surface area contributed by atoms with Gasteiger partial charge in [-0.15, -0.1) is 17.7 Å². The average molecular weight is 176 g/mol. The molecule has 0 aliphatic heterocycles. The van der Waals surface area contributed by atoms with Gasteiger partial charge in [0.25, 0.3) is 0 Å². The van der Waals surface area contributed by atoms with Crippen LogP contribution in [0.5, 0.6) is 0 Å². The third kappa shape index (κ3) is 1.58. The van der Waals surface area contributed by atoms with Crippen molar-refractivity contribution in [1.82, 2.24) is 9.59 Å². The highest BCUT2D eigenvalue weighted by molar-refractivity contribution is 7.80. The van der Waals surface area contributed by atoms with E-state index in [-0.39, 0.29) is 0 Å². The summed E-state index contributed by atoms with van der Waals surface area (Å²) < 4.78 is 3.52. The number of carbonyl (C=O) groups excluding carboxylic acids is 1. The van der Waals surface area contributed by atoms with Gasteiger partial charge >= 0.3 is 6.03 Å². The summed E-state index contributed by atoms with van der Waals surface area (Å²) in [5.41, 5.74) is 4.82. The Morgan fingerprint density at radius 1 is 1.80 bits per heavy atom. The van der Waals surface area contributed by atoms with Crippen molar-refractivity contribution in [1.29, 1.82) is 0 Å². The summed E-state index contributed by atoms with van der Waals surface area (Å²) in [5, 5.41) is 6.69. The number of aromatic nitrogens is 2. The molecular weight excluding hydrogens is 172 g/mol. The first kappa shape index (κ1) is 7.29. The number of thiol groups is 1. The van der Waals surface area contributed by atoms with Gasteiger partial charge in [-0.3, -0.25) is 5.32 Å². The van der Waals surface area contributed by atoms with E-state index < -0.39 is 6.03 Å². The number of hydrogen-bond acceptors (Lipinski definition) is 5. The zero-order valence-corrected chi connectivity index (χ0v) is 6.45. The van der Waals surface area contributed by atoms with E-state index in [1.54, 1.807) is 0 Å². The van der Waals surface area contributed by atoms with E-state index in [4.69, 9.17) is 5.73 Å². The molecule has 1 aromatic rings. The molecule has 0 aromatic carbocycles. The fraction of sp³-hybridized carbons (Fsp3) is 0. The van der Waals surface area contributed by atoms with Gasteiger partial charge < -0.3 is 5.73 Å². The lowest BCUT2D eigenvalue weighted by Crippen LogP contribution is -2.18. The predicted octanol–water partition coefficient (Wildman–Crippen LogP) is 0.317. The molecule has 10 heavy (non-hydrogen) atoms. The zero-order valence-electron chi connectivity index (χ0n) is 4.74. The highest BCUT2D eigenvalue weighted by Crippen LogP contribution is 2.19. The SMILES string of the molecule is NC(=O)Nc1snnc1S. The fourth-order valence-corrected chi connectivity index (χ4v) is 1.13. The van der Waals surface area contributed by atoms with Crippen molar-refractivity contribution in [2.75, 3.05) is 5.32 Å². The third-order valence-electron chi connectivity index (χ3n) is 0.707. The first-order valence-corrected chi connectivity index (χ1v) is 3.50. The quantitative estimate of drug-likeness (QED) is 0.539. The predicted molar refractivity (Wildman–Crippen MR) is 40.4 cm³/mol. The molecule has 54 valence electrons. The summed E-state index contributed by atoms with van der Waals surface area (Å²) in [6, 6.07) is -0.638. The number of nitrogens with one attached hydrogen (secondary N) is 1. The highest BCUT2D eigenvalue weighted by Gasteiger charge is 2.03. The maximum atomic E-state index is 10.2. The van der Waals surface area contributed by atoms with Crippen molar-refractivity contribution in [2.45, 2.75) is 5.03 Å². The molecule has 0 radical (unpaired) electrons. The van der Waals surface area contributed by atoms with Crippen LogP contribution < -0.4 is 11.1 Å². The minimum Gasteiger partial charge on any atom is -0.351 e. The van der Waals surface area contributed by atoms with Crippen LogP contribution in [0.2, 0.25) is 0 Å². The van der Waals surface area contributed by atoms with Crippen LogP contribution in [0.15, 0.2) is 5.03 Å². The molecule has 0 saturated carbocycles. The summed E-state index contributed by atoms with van der Waals surface area (Å²) in [6.07, 6.45) is 0. The lowest BCUT2D eigenvalue weighted by Gasteiger charge is -1.93. The maximum Gasteiger partial charge on any atom is 0.317 e. The van der Waals surface area contributed by atoms with E-state index in [2.05, 4.69) is 27.5 Å². The summed E-state index contributed by atoms with van der Waals surface area (Å²) in [5.74, 6) is 0. The van der Waals surface area contributed by atoms with Crippen molar-refractivity contribution < 1.29 is 4.79 Å². The van der Waals surface area contributed by atoms with E-state index in [9.17, 15) is 4.79 Å². The van der Waals surface area contributed by atoms with E-state index in [1.165, 1.54) is 0 Å². The van der Waals surface area contributed by atoms with Gasteiger partial charge in [-0.25, -0.2) is 4.79 Å². The second kappa shape index (κ2) is 2.84. The summed E-state index contributed by atoms with van der Waals surface area (Å²) in [7, 11) is 0. The number of rotatable bonds is 1. The Morgan fingerprint density at radius 2 is 2.50 bits per heavy atom. The highest BCUT2D eigenvalue weighted by atomic mass is 32.1. The minimum atomic E-state index is -0.638. The topological polar surface area (TPSA) is 80.9 Å². The summed E-state index contributed by atoms with van der Waals surface area (Å²) in [6.45, 7) is 0. The van der Waals surface area contributed by atoms with Gasteiger partial charge in [0.2, 0.25) is 0 Å². The van der Waals surface area contributed by atoms with Gasteiger partial charge in [0, 0.05) is 11.5 Å². The van der Waals surface area contributed by atoms with Crippen LogP contribution in [-0.4, -0.2) is 15.6 Å². The number of nitrogens with zero attached hydrogens (tertiary/aromatic N) is 2. The Labute approximate surface area is 66.2 Å². The Hall–Kier alpha value is -0.820. The largest absolute Gasteiger partial charge is 0.351 e. The van der Waals surface area contributed by atoms with Crippen LogP contribution in [-0.2, 0) is 0 Å². The van der Waals surface area contributed by atoms with Crippen LogP contribution in [0.4, 0.5) is 9.80 Å². The van der Waals surface area contributed by atoms with E-state index in [0.29, 0.717) is 10.0 Å². The number of anilines is 1. The smallest absolute Gasteiger partial charge is 0.317 e. The zero-order chi connectivity index (χ0) is 7.56. The van der Waals surface area contributed by atoms with Gasteiger partial charge in [0.15, 0.2) is 10.0 Å². The van der Waals surface area contributed by atoms with Crippen LogP contribution in [0, 0.1) is 0 Å². The lowest BCUT2D eigenvalue weighted by atomic mass is 10.8. The van der Waals surface area contributed by atoms with Crippen molar-refractivity contribution >= 4 is 35.2 Å². The number of urea groups is 1. The molecule has 3 N–H and O–H groups in total. The van der Waals surface area contributed by atoms with Crippen molar-refractivity contribution in [2.24, 2.45) is 5.73 Å². The Kier molecular flexibility index (Phi) is 2.07. The Bertz CT molecular complexity index is 246. The molecule has 5 nitrogen and oxygen atoms in total. The number of amides is 2. The molecule has 0 saturated heterocycles. The first-order chi connectivity index (χ1) is 4.70. The summed E-state index contributed by atoms with van der Waals surface area (Å²) in [4.78, 5) is 10.2. The van der Waals surface area contributed by atoms with Gasteiger partial charge in [0.1, 0.15) is 0 Å². The molecule has 0 fully saturated rings. The first-order valence-electron chi connectivity index (χ1n) is 2.28. The summed E-state index contributed by atoms with van der Waals surface area (Å²) >= 11 is 4.92. The molecular formula is C3H4N4OS2. The minimum absolute atomic E-state index is 0.379. The number of nitrogens with two attached hydrogens (primary N) is 1. The normalized spacial score (nSPS) is 9.30. The van der Waals surface area contributed by atoms with Crippen molar-refractivity contribution in [3.8, 4) is 0 Å². The van der Waals surface area contributed by atoms with Gasteiger partial charge in [-0.1, -0.05) is 4.49 Å². The van der Waals surface area contributed by atoms with Gasteiger partial charge in [0.05, 0.1) is 0 Å². The van der Waals surface area contributed by atoms with Crippen molar-refractivity contribution in [3.63, 3.8) is 0 Å². The van der Waals surface area contributed by atoms with E-state index >= 15 is 0 Å². The molecule has 0 spiro atoms. The number of primary amides is 1. The van der Waals surface area contributed by atoms with Crippen LogP contribution in [0.1, 0.15) is 0 Å². The van der Waals surface area contributed by atoms with Crippen LogP contribution in [0.25, 0.3) is 0 Å². The Morgan fingerprint density at radius 3 is 2.90 bits per heavy atom. The number of hydrogen-bond donors (Lipinski definition) is 3. The molecule has 2 amide bonds. The van der Waals surface area contributed by atoms with Crippen molar-refractivity contribution in [3.05, 3.63) is 0 Å². The average Bonchev–Trinajstić information content (AvgIpc) is 2.15. The third-order valence-corrected chi connectivity index (χ3v) is 1.81. The van der Waals surface area contributed by atoms with Crippen LogP contribution in [0.3, 0.4) is 0 Å². The molecule has 0 atom stereocenters. The number of carbonyl (C=O) groups is 1. The molecule has 7 heteroatoms. The molecule has 0 aliphatic carbocycles. The maximum absolute atomic E-state index is 10.2. The van der Waals surface area contributed by atoms with Gasteiger partial charge in [-0.2, -0.15) is 0 Å².